The van der Waals surface area contributed by atoms with Crippen molar-refractivity contribution in [3.05, 3.63) is 12.2 Å². The summed E-state index contributed by atoms with van der Waals surface area (Å²) < 4.78 is 0.607. The second kappa shape index (κ2) is 23.8. The zero-order valence-corrected chi connectivity index (χ0v) is 26.2. The molecule has 7 heteroatoms. The highest BCUT2D eigenvalue weighted by Gasteiger charge is 2.31. The Labute approximate surface area is 245 Å². The molecule has 0 aromatic heterocycles. The Balaban J connectivity index is 4.67. The molecule has 234 valence electrons. The molecule has 0 fully saturated rings. The van der Waals surface area contributed by atoms with Gasteiger partial charge in [-0.15, -0.1) is 0 Å². The average molecular weight is 569 g/mol. The molecule has 3 unspecified atom stereocenters. The van der Waals surface area contributed by atoms with Crippen molar-refractivity contribution in [3.8, 4) is 0 Å². The normalized spacial score (nSPS) is 15.5. The fourth-order valence-electron chi connectivity index (χ4n) is 5.14. The minimum atomic E-state index is -0.826. The smallest absolute Gasteiger partial charge is 0.306 e. The second-order valence-electron chi connectivity index (χ2n) is 12.3. The highest BCUT2D eigenvalue weighted by molar-refractivity contribution is 5.70. The molecule has 0 rings (SSSR count). The molecule has 3 atom stereocenters. The van der Waals surface area contributed by atoms with E-state index >= 15 is 0 Å². The molecule has 0 aliphatic heterocycles. The van der Waals surface area contributed by atoms with Crippen LogP contribution >= 0.6 is 0 Å². The van der Waals surface area contributed by atoms with Crippen molar-refractivity contribution in [1.82, 2.24) is 0 Å². The molecule has 0 heterocycles. The van der Waals surface area contributed by atoms with Gasteiger partial charge in [-0.3, -0.25) is 14.4 Å². The minimum absolute atomic E-state index is 0.480. The van der Waals surface area contributed by atoms with Gasteiger partial charge in [0.1, 0.15) is 0 Å². The highest BCUT2D eigenvalue weighted by atomic mass is 16.4. The molecule has 40 heavy (non-hydrogen) atoms. The molecular formula is C33H62NO6+. The lowest BCUT2D eigenvalue weighted by molar-refractivity contribution is -0.929. The lowest BCUT2D eigenvalue weighted by Gasteiger charge is -2.40. The quantitative estimate of drug-likeness (QED) is 0.0498. The number of hydrogen-bond donors (Lipinski definition) is 3. The molecule has 0 spiro atoms. The monoisotopic (exact) mass is 568 g/mol. The maximum absolute atomic E-state index is 11.5. The number of aliphatic carboxylic acids is 3. The van der Waals surface area contributed by atoms with Gasteiger partial charge >= 0.3 is 17.9 Å². The second-order valence-corrected chi connectivity index (χ2v) is 12.3. The molecule has 0 aromatic carbocycles. The van der Waals surface area contributed by atoms with Gasteiger partial charge in [0.25, 0.3) is 0 Å². The van der Waals surface area contributed by atoms with Gasteiger partial charge in [-0.2, -0.15) is 0 Å². The van der Waals surface area contributed by atoms with Crippen LogP contribution in [0.3, 0.4) is 0 Å². The number of hydrogen-bond acceptors (Lipinski definition) is 3. The van der Waals surface area contributed by atoms with Crippen LogP contribution in [0.25, 0.3) is 0 Å². The van der Waals surface area contributed by atoms with Crippen molar-refractivity contribution in [2.75, 3.05) is 26.2 Å². The molecule has 0 saturated heterocycles. The van der Waals surface area contributed by atoms with E-state index in [-0.39, 0.29) is 0 Å². The van der Waals surface area contributed by atoms with Crippen molar-refractivity contribution in [1.29, 1.82) is 0 Å². The maximum Gasteiger partial charge on any atom is 0.306 e. The Morgan fingerprint density at radius 1 is 0.525 bits per heavy atom. The molecule has 0 amide bonds. The lowest BCUT2D eigenvalue weighted by atomic mass is 10.0. The van der Waals surface area contributed by atoms with E-state index in [1.807, 2.05) is 0 Å². The predicted octanol–water partition coefficient (Wildman–Crippen LogP) is 8.17. The number of nitrogens with zero attached hydrogens (tertiary/aromatic N) is 1. The lowest BCUT2D eigenvalue weighted by Crippen LogP contribution is -2.52. The Morgan fingerprint density at radius 3 is 1.20 bits per heavy atom. The first-order valence-electron chi connectivity index (χ1n) is 16.2. The zero-order chi connectivity index (χ0) is 30.2. The van der Waals surface area contributed by atoms with Crippen molar-refractivity contribution < 1.29 is 34.2 Å². The first-order valence-corrected chi connectivity index (χ1v) is 16.2. The first kappa shape index (κ1) is 38.1. The standard InChI is InChI=1S/C33H61NO6/c1-5-6-7-8-9-10-11-12-13-14-15-16-17-18-19-20-24-34(25-21-28(2)31(35)36,26-22-29(3)32(37)38)27-23-30(4)33(39)40/h12-13,28-30H,5-11,14-27H2,1-4H3,(H2-,35,36,37,38,39,40)/p+1/b13-12+. The Kier molecular flexibility index (Phi) is 22.7. The van der Waals surface area contributed by atoms with E-state index in [9.17, 15) is 29.7 Å². The van der Waals surface area contributed by atoms with E-state index in [0.29, 0.717) is 43.4 Å². The molecule has 0 aliphatic carbocycles. The molecule has 0 aromatic rings. The van der Waals surface area contributed by atoms with Crippen LogP contribution in [0, 0.1) is 17.8 Å². The maximum atomic E-state index is 11.5. The molecule has 0 aliphatic rings. The topological polar surface area (TPSA) is 112 Å². The van der Waals surface area contributed by atoms with E-state index in [1.54, 1.807) is 20.8 Å². The van der Waals surface area contributed by atoms with Crippen LogP contribution in [0.15, 0.2) is 12.2 Å². The summed E-state index contributed by atoms with van der Waals surface area (Å²) in [4.78, 5) is 34.4. The van der Waals surface area contributed by atoms with Gasteiger partial charge < -0.3 is 19.8 Å². The van der Waals surface area contributed by atoms with Crippen LogP contribution in [0.2, 0.25) is 0 Å². The van der Waals surface area contributed by atoms with E-state index < -0.39 is 35.7 Å². The van der Waals surface area contributed by atoms with Gasteiger partial charge in [0, 0.05) is 19.3 Å². The third kappa shape index (κ3) is 20.1. The summed E-state index contributed by atoms with van der Waals surface area (Å²) in [6.45, 7) is 10.1. The van der Waals surface area contributed by atoms with Crippen LogP contribution in [0.5, 0.6) is 0 Å². The summed E-state index contributed by atoms with van der Waals surface area (Å²) in [7, 11) is 0. The van der Waals surface area contributed by atoms with Crippen LogP contribution in [-0.2, 0) is 14.4 Å². The fourth-order valence-corrected chi connectivity index (χ4v) is 5.14. The highest BCUT2D eigenvalue weighted by Crippen LogP contribution is 2.22. The molecule has 0 bridgehead atoms. The van der Waals surface area contributed by atoms with Crippen LogP contribution in [0.4, 0.5) is 0 Å². The largest absolute Gasteiger partial charge is 0.481 e. The summed E-state index contributed by atoms with van der Waals surface area (Å²) in [5, 5.41) is 28.3. The summed E-state index contributed by atoms with van der Waals surface area (Å²) in [5.41, 5.74) is 0. The van der Waals surface area contributed by atoms with Gasteiger partial charge in [0.15, 0.2) is 0 Å². The molecular weight excluding hydrogens is 506 g/mol. The van der Waals surface area contributed by atoms with Gasteiger partial charge in [-0.1, -0.05) is 91.2 Å². The summed E-state index contributed by atoms with van der Waals surface area (Å²) >= 11 is 0. The summed E-state index contributed by atoms with van der Waals surface area (Å²) in [6, 6.07) is 0. The number of unbranched alkanes of at least 4 members (excludes halogenated alkanes) is 12. The van der Waals surface area contributed by atoms with E-state index in [2.05, 4.69) is 19.1 Å². The number of rotatable bonds is 28. The zero-order valence-electron chi connectivity index (χ0n) is 26.2. The Bertz CT molecular complexity index is 647. The number of carboxylic acids is 3. The summed E-state index contributed by atoms with van der Waals surface area (Å²) in [5.74, 6) is -3.92. The van der Waals surface area contributed by atoms with E-state index in [4.69, 9.17) is 0 Å². The molecule has 0 radical (unpaired) electrons. The minimum Gasteiger partial charge on any atom is -0.481 e. The first-order chi connectivity index (χ1) is 19.0. The SMILES string of the molecule is CCCCCCCC/C=C/CCCCCCCC[N+](CCC(C)C(=O)O)(CCC(C)C(=O)O)CCC(C)C(=O)O. The van der Waals surface area contributed by atoms with Gasteiger partial charge in [0.05, 0.1) is 43.9 Å². The predicted molar refractivity (Wildman–Crippen MR) is 163 cm³/mol. The molecule has 3 N–H and O–H groups in total. The Hall–Kier alpha value is -1.89. The van der Waals surface area contributed by atoms with Crippen molar-refractivity contribution in [2.24, 2.45) is 17.8 Å². The molecule has 7 nitrogen and oxygen atoms in total. The number of allylic oxidation sites excluding steroid dienone is 2. The van der Waals surface area contributed by atoms with Crippen LogP contribution in [0.1, 0.15) is 137 Å². The Morgan fingerprint density at radius 2 is 0.850 bits per heavy atom. The average Bonchev–Trinajstić information content (AvgIpc) is 2.92. The number of quaternary nitrogens is 1. The third-order valence-corrected chi connectivity index (χ3v) is 8.52. The van der Waals surface area contributed by atoms with Gasteiger partial charge in [-0.05, 0) is 38.5 Å². The molecule has 0 saturated carbocycles. The summed E-state index contributed by atoms with van der Waals surface area (Å²) in [6.07, 6.45) is 23.5. The van der Waals surface area contributed by atoms with Gasteiger partial charge in [-0.25, -0.2) is 0 Å². The van der Waals surface area contributed by atoms with Gasteiger partial charge in [0.2, 0.25) is 0 Å². The number of carbonyl (C=O) groups is 3. The van der Waals surface area contributed by atoms with Crippen molar-refractivity contribution >= 4 is 17.9 Å². The van der Waals surface area contributed by atoms with Crippen molar-refractivity contribution in [2.45, 2.75) is 137 Å². The van der Waals surface area contributed by atoms with Crippen LogP contribution in [-0.4, -0.2) is 63.9 Å². The third-order valence-electron chi connectivity index (χ3n) is 8.52. The van der Waals surface area contributed by atoms with E-state index in [0.717, 1.165) is 32.2 Å². The fraction of sp³-hybridized carbons (Fsp3) is 0.848. The van der Waals surface area contributed by atoms with Crippen LogP contribution < -0.4 is 0 Å². The number of carboxylic acid groups (broad SMARTS) is 3. The van der Waals surface area contributed by atoms with Crippen molar-refractivity contribution in [3.63, 3.8) is 0 Å². The van der Waals surface area contributed by atoms with E-state index in [1.165, 1.54) is 64.2 Å².